The Bertz CT molecular complexity index is 389. The first-order valence-electron chi connectivity index (χ1n) is 7.23. The lowest BCUT2D eigenvalue weighted by atomic mass is 9.78. The molecule has 0 heterocycles. The fourth-order valence-corrected chi connectivity index (χ4v) is 2.36. The lowest BCUT2D eigenvalue weighted by Crippen LogP contribution is -2.43. The van der Waals surface area contributed by atoms with E-state index in [0.717, 1.165) is 12.8 Å². The highest BCUT2D eigenvalue weighted by atomic mass is 16.4. The third-order valence-corrected chi connectivity index (χ3v) is 3.85. The summed E-state index contributed by atoms with van der Waals surface area (Å²) in [4.78, 5) is 23.8. The van der Waals surface area contributed by atoms with Crippen molar-refractivity contribution in [2.75, 3.05) is 20.1 Å². The van der Waals surface area contributed by atoms with Crippen molar-refractivity contribution in [2.45, 2.75) is 46.0 Å². The maximum atomic E-state index is 11.9. The number of rotatable bonds is 6. The molecule has 0 aromatic heterocycles. The van der Waals surface area contributed by atoms with Gasteiger partial charge < -0.3 is 15.3 Å². The average Bonchev–Trinajstić information content (AvgIpc) is 2.43. The van der Waals surface area contributed by atoms with Crippen molar-refractivity contribution in [3.63, 3.8) is 0 Å². The molecule has 0 saturated heterocycles. The molecule has 20 heavy (non-hydrogen) atoms. The topological polar surface area (TPSA) is 69.6 Å². The summed E-state index contributed by atoms with van der Waals surface area (Å²) in [6.07, 6.45) is 6.98. The smallest absolute Gasteiger partial charge is 0.317 e. The fraction of sp³-hybridized carbons (Fsp3) is 0.733. The van der Waals surface area contributed by atoms with E-state index in [2.05, 4.69) is 25.2 Å². The highest BCUT2D eigenvalue weighted by molar-refractivity contribution is 5.75. The molecular formula is C15H26N2O3. The number of amides is 2. The van der Waals surface area contributed by atoms with Gasteiger partial charge in [0.15, 0.2) is 0 Å². The minimum atomic E-state index is -0.891. The average molecular weight is 282 g/mol. The fourth-order valence-electron chi connectivity index (χ4n) is 2.36. The van der Waals surface area contributed by atoms with Gasteiger partial charge in [0.05, 0.1) is 6.42 Å². The molecule has 0 aromatic carbocycles. The van der Waals surface area contributed by atoms with Crippen LogP contribution in [0.4, 0.5) is 4.79 Å². The van der Waals surface area contributed by atoms with Crippen LogP contribution in [0.3, 0.4) is 0 Å². The van der Waals surface area contributed by atoms with E-state index < -0.39 is 5.97 Å². The van der Waals surface area contributed by atoms with Gasteiger partial charge in [-0.1, -0.05) is 25.5 Å². The van der Waals surface area contributed by atoms with Crippen LogP contribution in [0.2, 0.25) is 0 Å². The van der Waals surface area contributed by atoms with E-state index in [-0.39, 0.29) is 24.4 Å². The van der Waals surface area contributed by atoms with Crippen molar-refractivity contribution in [2.24, 2.45) is 5.41 Å². The summed E-state index contributed by atoms with van der Waals surface area (Å²) in [6, 6.07) is -0.212. The molecule has 1 aliphatic rings. The molecule has 1 aliphatic carbocycles. The van der Waals surface area contributed by atoms with Gasteiger partial charge in [-0.25, -0.2) is 4.79 Å². The van der Waals surface area contributed by atoms with Crippen molar-refractivity contribution >= 4 is 12.0 Å². The number of carbonyl (C=O) groups is 2. The Morgan fingerprint density at radius 1 is 1.40 bits per heavy atom. The molecule has 5 heteroatoms. The van der Waals surface area contributed by atoms with Crippen LogP contribution in [-0.4, -0.2) is 42.1 Å². The molecule has 0 spiro atoms. The lowest BCUT2D eigenvalue weighted by molar-refractivity contribution is -0.137. The summed E-state index contributed by atoms with van der Waals surface area (Å²) in [6.45, 7) is 5.09. The summed E-state index contributed by atoms with van der Waals surface area (Å²) in [5.41, 5.74) is 1.38. The maximum Gasteiger partial charge on any atom is 0.317 e. The predicted molar refractivity (Wildman–Crippen MR) is 78.6 cm³/mol. The number of allylic oxidation sites excluding steroid dienone is 1. The molecule has 1 rings (SSSR count). The van der Waals surface area contributed by atoms with Crippen molar-refractivity contribution in [1.82, 2.24) is 10.2 Å². The van der Waals surface area contributed by atoms with E-state index >= 15 is 0 Å². The van der Waals surface area contributed by atoms with Gasteiger partial charge in [-0.15, -0.1) is 0 Å². The zero-order valence-corrected chi connectivity index (χ0v) is 12.7. The van der Waals surface area contributed by atoms with Crippen LogP contribution in [0, 0.1) is 5.41 Å². The van der Waals surface area contributed by atoms with Crippen LogP contribution < -0.4 is 5.32 Å². The van der Waals surface area contributed by atoms with Gasteiger partial charge in [-0.3, -0.25) is 4.79 Å². The predicted octanol–water partition coefficient (Wildman–Crippen LogP) is 2.63. The lowest BCUT2D eigenvalue weighted by Gasteiger charge is -2.31. The Labute approximate surface area is 121 Å². The molecular weight excluding hydrogens is 256 g/mol. The Kier molecular flexibility index (Phi) is 6.05. The molecule has 0 aliphatic heterocycles. The summed E-state index contributed by atoms with van der Waals surface area (Å²) in [5.74, 6) is -0.891. The molecule has 0 unspecified atom stereocenters. The third kappa shape index (κ3) is 5.23. The van der Waals surface area contributed by atoms with Crippen LogP contribution in [0.1, 0.15) is 46.0 Å². The minimum absolute atomic E-state index is 0.0293. The van der Waals surface area contributed by atoms with Gasteiger partial charge in [0.1, 0.15) is 0 Å². The zero-order chi connectivity index (χ0) is 15.2. The number of urea groups is 1. The summed E-state index contributed by atoms with van der Waals surface area (Å²) in [5, 5.41) is 11.5. The largest absolute Gasteiger partial charge is 0.481 e. The number of nitrogens with zero attached hydrogens (tertiary/aromatic N) is 1. The molecule has 0 fully saturated rings. The first-order valence-corrected chi connectivity index (χ1v) is 7.23. The monoisotopic (exact) mass is 282 g/mol. The standard InChI is InChI=1S/C15H26N2O3/c1-15(2,12-7-5-4-6-8-12)11-16-14(20)17(3)10-9-13(18)19/h7H,4-6,8-11H2,1-3H3,(H,16,20)(H,18,19). The summed E-state index contributed by atoms with van der Waals surface area (Å²) in [7, 11) is 1.62. The Hall–Kier alpha value is -1.52. The molecule has 114 valence electrons. The Balaban J connectivity index is 2.42. The van der Waals surface area contributed by atoms with Gasteiger partial charge in [0.25, 0.3) is 0 Å². The second-order valence-corrected chi connectivity index (χ2v) is 6.08. The van der Waals surface area contributed by atoms with Gasteiger partial charge in [0.2, 0.25) is 0 Å². The molecule has 0 bridgehead atoms. The van der Waals surface area contributed by atoms with Crippen LogP contribution in [0.5, 0.6) is 0 Å². The molecule has 5 nitrogen and oxygen atoms in total. The molecule has 0 atom stereocenters. The van der Waals surface area contributed by atoms with E-state index in [1.54, 1.807) is 7.05 Å². The van der Waals surface area contributed by atoms with Crippen molar-refractivity contribution in [1.29, 1.82) is 0 Å². The third-order valence-electron chi connectivity index (χ3n) is 3.85. The number of hydrogen-bond acceptors (Lipinski definition) is 2. The van der Waals surface area contributed by atoms with Crippen LogP contribution in [0.15, 0.2) is 11.6 Å². The van der Waals surface area contributed by atoms with Gasteiger partial charge in [-0.05, 0) is 25.7 Å². The molecule has 2 amide bonds. The number of hydrogen-bond donors (Lipinski definition) is 2. The van der Waals surface area contributed by atoms with Crippen molar-refractivity contribution in [3.05, 3.63) is 11.6 Å². The SMILES string of the molecule is CN(CCC(=O)O)C(=O)NCC(C)(C)C1=CCCCC1. The summed E-state index contributed by atoms with van der Waals surface area (Å²) < 4.78 is 0. The number of carboxylic acid groups (broad SMARTS) is 1. The van der Waals surface area contributed by atoms with Crippen LogP contribution >= 0.6 is 0 Å². The van der Waals surface area contributed by atoms with E-state index in [9.17, 15) is 9.59 Å². The Morgan fingerprint density at radius 3 is 2.65 bits per heavy atom. The van der Waals surface area contributed by atoms with E-state index in [4.69, 9.17) is 5.11 Å². The second-order valence-electron chi connectivity index (χ2n) is 6.08. The Morgan fingerprint density at radius 2 is 2.10 bits per heavy atom. The quantitative estimate of drug-likeness (QED) is 0.736. The highest BCUT2D eigenvalue weighted by Gasteiger charge is 2.25. The van der Waals surface area contributed by atoms with Crippen LogP contribution in [-0.2, 0) is 4.79 Å². The molecule has 0 radical (unpaired) electrons. The first-order chi connectivity index (χ1) is 9.33. The van der Waals surface area contributed by atoms with E-state index in [1.807, 2.05) is 0 Å². The van der Waals surface area contributed by atoms with Gasteiger partial charge in [-0.2, -0.15) is 0 Å². The van der Waals surface area contributed by atoms with Crippen molar-refractivity contribution in [3.8, 4) is 0 Å². The van der Waals surface area contributed by atoms with Gasteiger partial charge >= 0.3 is 12.0 Å². The first kappa shape index (κ1) is 16.5. The van der Waals surface area contributed by atoms with Crippen molar-refractivity contribution < 1.29 is 14.7 Å². The molecule has 2 N–H and O–H groups in total. The molecule has 0 saturated carbocycles. The normalized spacial score (nSPS) is 15.4. The highest BCUT2D eigenvalue weighted by Crippen LogP contribution is 2.33. The second kappa shape index (κ2) is 7.31. The van der Waals surface area contributed by atoms with Gasteiger partial charge in [0, 0.05) is 25.6 Å². The number of aliphatic carboxylic acids is 1. The number of nitrogens with one attached hydrogen (secondary N) is 1. The maximum absolute atomic E-state index is 11.9. The van der Waals surface area contributed by atoms with E-state index in [0.29, 0.717) is 6.54 Å². The minimum Gasteiger partial charge on any atom is -0.481 e. The molecule has 0 aromatic rings. The number of carboxylic acids is 1. The summed E-state index contributed by atoms with van der Waals surface area (Å²) >= 11 is 0. The van der Waals surface area contributed by atoms with Crippen LogP contribution in [0.25, 0.3) is 0 Å². The zero-order valence-electron chi connectivity index (χ0n) is 12.7. The van der Waals surface area contributed by atoms with E-state index in [1.165, 1.54) is 23.3 Å². The number of carbonyl (C=O) groups excluding carboxylic acids is 1.